The third-order valence-electron chi connectivity index (χ3n) is 3.88. The molecular formula is C16H14N2O2S2. The SMILES string of the molecule is Cc1cc(C(=O)N2CCc3sccc3[C@H]2c2cccs2)on1. The normalized spacial score (nSPS) is 17.5. The van der Waals surface area contributed by atoms with Crippen molar-refractivity contribution in [3.8, 4) is 0 Å². The molecule has 4 nitrogen and oxygen atoms in total. The molecule has 3 aromatic rings. The van der Waals surface area contributed by atoms with Crippen molar-refractivity contribution >= 4 is 28.6 Å². The van der Waals surface area contributed by atoms with Crippen molar-refractivity contribution in [2.45, 2.75) is 19.4 Å². The van der Waals surface area contributed by atoms with Crippen molar-refractivity contribution in [3.05, 3.63) is 61.8 Å². The van der Waals surface area contributed by atoms with Gasteiger partial charge >= 0.3 is 0 Å². The van der Waals surface area contributed by atoms with Gasteiger partial charge in [-0.15, -0.1) is 22.7 Å². The van der Waals surface area contributed by atoms with Crippen molar-refractivity contribution in [2.24, 2.45) is 0 Å². The molecular weight excluding hydrogens is 316 g/mol. The maximum Gasteiger partial charge on any atom is 0.293 e. The summed E-state index contributed by atoms with van der Waals surface area (Å²) in [6.07, 6.45) is 0.897. The molecule has 6 heteroatoms. The molecule has 3 aromatic heterocycles. The molecule has 1 aliphatic rings. The summed E-state index contributed by atoms with van der Waals surface area (Å²) in [4.78, 5) is 17.3. The Morgan fingerprint density at radius 3 is 3.00 bits per heavy atom. The molecule has 0 aliphatic carbocycles. The van der Waals surface area contributed by atoms with Gasteiger partial charge in [-0.05, 0) is 41.8 Å². The lowest BCUT2D eigenvalue weighted by Gasteiger charge is -2.34. The highest BCUT2D eigenvalue weighted by Gasteiger charge is 2.35. The van der Waals surface area contributed by atoms with Gasteiger partial charge in [-0.2, -0.15) is 0 Å². The van der Waals surface area contributed by atoms with Crippen LogP contribution in [0.15, 0.2) is 39.5 Å². The first-order valence-corrected chi connectivity index (χ1v) is 8.84. The van der Waals surface area contributed by atoms with E-state index in [2.05, 4.69) is 28.0 Å². The number of hydrogen-bond acceptors (Lipinski definition) is 5. The third kappa shape index (κ3) is 2.19. The minimum absolute atomic E-state index is 0.0205. The second kappa shape index (κ2) is 5.37. The summed E-state index contributed by atoms with van der Waals surface area (Å²) >= 11 is 3.45. The molecule has 0 bridgehead atoms. The molecule has 112 valence electrons. The van der Waals surface area contributed by atoms with Crippen molar-refractivity contribution in [3.63, 3.8) is 0 Å². The maximum absolute atomic E-state index is 12.9. The Kier molecular flexibility index (Phi) is 3.35. The average molecular weight is 330 g/mol. The number of thiophene rings is 2. The van der Waals surface area contributed by atoms with Crippen molar-refractivity contribution < 1.29 is 9.32 Å². The molecule has 0 saturated heterocycles. The van der Waals surface area contributed by atoms with Crippen LogP contribution in [0.3, 0.4) is 0 Å². The predicted molar refractivity (Wildman–Crippen MR) is 86.5 cm³/mol. The van der Waals surface area contributed by atoms with Crippen molar-refractivity contribution in [1.82, 2.24) is 10.1 Å². The highest BCUT2D eigenvalue weighted by Crippen LogP contribution is 2.40. The largest absolute Gasteiger partial charge is 0.351 e. The smallest absolute Gasteiger partial charge is 0.293 e. The van der Waals surface area contributed by atoms with Crippen LogP contribution in [0.5, 0.6) is 0 Å². The highest BCUT2D eigenvalue weighted by atomic mass is 32.1. The Balaban J connectivity index is 1.76. The molecule has 1 aliphatic heterocycles. The first-order valence-electron chi connectivity index (χ1n) is 7.08. The lowest BCUT2D eigenvalue weighted by atomic mass is 9.98. The number of rotatable bonds is 2. The van der Waals surface area contributed by atoms with E-state index in [4.69, 9.17) is 4.52 Å². The van der Waals surface area contributed by atoms with E-state index in [1.54, 1.807) is 28.7 Å². The fraction of sp³-hybridized carbons (Fsp3) is 0.250. The van der Waals surface area contributed by atoms with Crippen LogP contribution in [0.4, 0.5) is 0 Å². The number of carbonyl (C=O) groups is 1. The average Bonchev–Trinajstić information content (AvgIpc) is 3.26. The van der Waals surface area contributed by atoms with Gasteiger partial charge in [-0.1, -0.05) is 11.2 Å². The number of nitrogens with zero attached hydrogens (tertiary/aromatic N) is 2. The van der Waals surface area contributed by atoms with E-state index >= 15 is 0 Å². The van der Waals surface area contributed by atoms with E-state index in [1.807, 2.05) is 17.9 Å². The summed E-state index contributed by atoms with van der Waals surface area (Å²) in [7, 11) is 0. The number of aryl methyl sites for hydroxylation is 1. The van der Waals surface area contributed by atoms with E-state index in [-0.39, 0.29) is 11.9 Å². The fourth-order valence-corrected chi connectivity index (χ4v) is 4.65. The topological polar surface area (TPSA) is 46.3 Å². The van der Waals surface area contributed by atoms with Crippen molar-refractivity contribution in [2.75, 3.05) is 6.54 Å². The summed E-state index contributed by atoms with van der Waals surface area (Å²) in [6.45, 7) is 2.53. The zero-order chi connectivity index (χ0) is 15.1. The van der Waals surface area contributed by atoms with Gasteiger partial charge in [-0.3, -0.25) is 4.79 Å². The number of hydrogen-bond donors (Lipinski definition) is 0. The Bertz CT molecular complexity index is 804. The second-order valence-corrected chi connectivity index (χ2v) is 7.28. The second-order valence-electron chi connectivity index (χ2n) is 5.30. The molecule has 1 amide bonds. The zero-order valence-electron chi connectivity index (χ0n) is 12.0. The summed E-state index contributed by atoms with van der Waals surface area (Å²) in [5.41, 5.74) is 1.97. The van der Waals surface area contributed by atoms with Crippen LogP contribution in [-0.4, -0.2) is 22.5 Å². The van der Waals surface area contributed by atoms with Gasteiger partial charge in [0.25, 0.3) is 5.91 Å². The van der Waals surface area contributed by atoms with Crippen LogP contribution in [0.1, 0.15) is 37.6 Å². The van der Waals surface area contributed by atoms with Gasteiger partial charge in [0.1, 0.15) is 0 Å². The minimum Gasteiger partial charge on any atom is -0.351 e. The highest BCUT2D eigenvalue weighted by molar-refractivity contribution is 7.10. The lowest BCUT2D eigenvalue weighted by molar-refractivity contribution is 0.0656. The van der Waals surface area contributed by atoms with Gasteiger partial charge in [0.05, 0.1) is 11.7 Å². The molecule has 0 aromatic carbocycles. The first-order chi connectivity index (χ1) is 10.7. The zero-order valence-corrected chi connectivity index (χ0v) is 13.6. The molecule has 0 fully saturated rings. The Labute approximate surface area is 136 Å². The van der Waals surface area contributed by atoms with E-state index in [0.29, 0.717) is 12.3 Å². The van der Waals surface area contributed by atoms with Crippen LogP contribution in [0.25, 0.3) is 0 Å². The van der Waals surface area contributed by atoms with Gasteiger partial charge in [0, 0.05) is 22.4 Å². The van der Waals surface area contributed by atoms with Gasteiger partial charge in [-0.25, -0.2) is 0 Å². The number of fused-ring (bicyclic) bond motifs is 1. The summed E-state index contributed by atoms with van der Waals surface area (Å²) in [5.74, 6) is 0.230. The molecule has 0 N–H and O–H groups in total. The van der Waals surface area contributed by atoms with Crippen LogP contribution in [-0.2, 0) is 6.42 Å². The van der Waals surface area contributed by atoms with Gasteiger partial charge in [0.2, 0.25) is 5.76 Å². The van der Waals surface area contributed by atoms with Gasteiger partial charge < -0.3 is 9.42 Å². The predicted octanol–water partition coefficient (Wildman–Crippen LogP) is 3.89. The fourth-order valence-electron chi connectivity index (χ4n) is 2.89. The Morgan fingerprint density at radius 1 is 1.36 bits per heavy atom. The quantitative estimate of drug-likeness (QED) is 0.716. The number of carbonyl (C=O) groups excluding carboxylic acids is 1. The van der Waals surface area contributed by atoms with Gasteiger partial charge in [0.15, 0.2) is 0 Å². The minimum atomic E-state index is -0.0872. The van der Waals surface area contributed by atoms with Crippen LogP contribution >= 0.6 is 22.7 Å². The molecule has 4 heterocycles. The molecule has 0 unspecified atom stereocenters. The van der Waals surface area contributed by atoms with Crippen LogP contribution < -0.4 is 0 Å². The van der Waals surface area contributed by atoms with E-state index in [9.17, 15) is 4.79 Å². The summed E-state index contributed by atoms with van der Waals surface area (Å²) < 4.78 is 5.18. The lowest BCUT2D eigenvalue weighted by Crippen LogP contribution is -2.39. The van der Waals surface area contributed by atoms with Crippen molar-refractivity contribution in [1.29, 1.82) is 0 Å². The van der Waals surface area contributed by atoms with E-state index in [0.717, 1.165) is 12.1 Å². The molecule has 0 radical (unpaired) electrons. The van der Waals surface area contributed by atoms with E-state index in [1.165, 1.54) is 15.3 Å². The summed E-state index contributed by atoms with van der Waals surface area (Å²) in [6, 6.07) is 7.94. The molecule has 1 atom stereocenters. The molecule has 22 heavy (non-hydrogen) atoms. The third-order valence-corrected chi connectivity index (χ3v) is 5.80. The Morgan fingerprint density at radius 2 is 2.27 bits per heavy atom. The van der Waals surface area contributed by atoms with Crippen LogP contribution in [0, 0.1) is 6.92 Å². The first kappa shape index (κ1) is 13.7. The van der Waals surface area contributed by atoms with Crippen LogP contribution in [0.2, 0.25) is 0 Å². The maximum atomic E-state index is 12.9. The standard InChI is InChI=1S/C16H14N2O2S2/c1-10-9-12(20-17-10)16(19)18-6-4-13-11(5-8-22-13)15(18)14-3-2-7-21-14/h2-3,5,7-9,15H,4,6H2,1H3/t15-/m0/s1. The number of aromatic nitrogens is 1. The summed E-state index contributed by atoms with van der Waals surface area (Å²) in [5, 5.41) is 8.00. The molecule has 0 saturated carbocycles. The van der Waals surface area contributed by atoms with E-state index < -0.39 is 0 Å². The molecule has 0 spiro atoms. The monoisotopic (exact) mass is 330 g/mol. The molecule has 4 rings (SSSR count). The number of amides is 1. The Hall–Kier alpha value is -1.92.